The van der Waals surface area contributed by atoms with Crippen LogP contribution in [0.3, 0.4) is 0 Å². The Bertz CT molecular complexity index is 620. The predicted molar refractivity (Wildman–Crippen MR) is 85.4 cm³/mol. The number of aromatic nitrogens is 1. The summed E-state index contributed by atoms with van der Waals surface area (Å²) < 4.78 is 5.57. The van der Waals surface area contributed by atoms with Crippen LogP contribution in [-0.2, 0) is 6.54 Å². The Morgan fingerprint density at radius 2 is 2.10 bits per heavy atom. The molecule has 0 amide bonds. The lowest BCUT2D eigenvalue weighted by Gasteiger charge is -2.12. The second-order valence-corrected chi connectivity index (χ2v) is 5.66. The van der Waals surface area contributed by atoms with Crippen LogP contribution in [0.1, 0.15) is 30.9 Å². The summed E-state index contributed by atoms with van der Waals surface area (Å²) in [5.41, 5.74) is 4.96. The van der Waals surface area contributed by atoms with Crippen molar-refractivity contribution >= 4 is 0 Å². The summed E-state index contributed by atoms with van der Waals surface area (Å²) in [5, 5.41) is 3.59. The fourth-order valence-electron chi connectivity index (χ4n) is 2.47. The molecule has 1 aromatic heterocycles. The van der Waals surface area contributed by atoms with E-state index in [2.05, 4.69) is 41.5 Å². The van der Waals surface area contributed by atoms with Gasteiger partial charge in [-0.15, -0.1) is 0 Å². The van der Waals surface area contributed by atoms with E-state index < -0.39 is 0 Å². The fourth-order valence-corrected chi connectivity index (χ4v) is 2.47. The highest BCUT2D eigenvalue weighted by atomic mass is 16.5. The van der Waals surface area contributed by atoms with Crippen molar-refractivity contribution < 1.29 is 4.74 Å². The molecule has 0 atom stereocenters. The molecule has 0 aliphatic heterocycles. The van der Waals surface area contributed by atoms with E-state index in [0.717, 1.165) is 17.9 Å². The van der Waals surface area contributed by atoms with Crippen molar-refractivity contribution in [1.29, 1.82) is 0 Å². The lowest BCUT2D eigenvalue weighted by Crippen LogP contribution is -2.15. The van der Waals surface area contributed by atoms with Gasteiger partial charge in [-0.1, -0.05) is 23.8 Å². The number of nitrogens with zero attached hydrogens (tertiary/aromatic N) is 1. The first-order valence-corrected chi connectivity index (χ1v) is 7.67. The molecule has 21 heavy (non-hydrogen) atoms. The third-order valence-corrected chi connectivity index (χ3v) is 3.76. The van der Waals surface area contributed by atoms with E-state index in [9.17, 15) is 0 Å². The third kappa shape index (κ3) is 3.61. The maximum atomic E-state index is 5.57. The molecule has 110 valence electrons. The molecule has 0 radical (unpaired) electrons. The lowest BCUT2D eigenvalue weighted by atomic mass is 9.98. The van der Waals surface area contributed by atoms with Crippen LogP contribution < -0.4 is 10.1 Å². The average Bonchev–Trinajstić information content (AvgIpc) is 3.31. The zero-order valence-electron chi connectivity index (χ0n) is 12.7. The Kier molecular flexibility index (Phi) is 4.20. The van der Waals surface area contributed by atoms with Crippen molar-refractivity contribution in [3.05, 3.63) is 47.8 Å². The van der Waals surface area contributed by atoms with E-state index >= 15 is 0 Å². The lowest BCUT2D eigenvalue weighted by molar-refractivity contribution is 0.339. The van der Waals surface area contributed by atoms with Crippen LogP contribution in [0.25, 0.3) is 11.1 Å². The van der Waals surface area contributed by atoms with Crippen LogP contribution in [0.15, 0.2) is 36.7 Å². The van der Waals surface area contributed by atoms with Gasteiger partial charge in [-0.2, -0.15) is 0 Å². The molecule has 0 spiro atoms. The highest BCUT2D eigenvalue weighted by Gasteiger charge is 2.20. The molecule has 1 N–H and O–H groups in total. The molecule has 3 nitrogen and oxygen atoms in total. The van der Waals surface area contributed by atoms with Crippen molar-refractivity contribution in [1.82, 2.24) is 10.3 Å². The van der Waals surface area contributed by atoms with Crippen LogP contribution in [0.2, 0.25) is 0 Å². The summed E-state index contributed by atoms with van der Waals surface area (Å²) in [5.74, 6) is 0.831. The molecule has 1 aliphatic rings. The second-order valence-electron chi connectivity index (χ2n) is 5.66. The van der Waals surface area contributed by atoms with Crippen molar-refractivity contribution in [2.75, 3.05) is 6.61 Å². The third-order valence-electron chi connectivity index (χ3n) is 3.76. The number of rotatable bonds is 6. The van der Waals surface area contributed by atoms with Crippen molar-refractivity contribution in [2.24, 2.45) is 0 Å². The zero-order chi connectivity index (χ0) is 14.7. The summed E-state index contributed by atoms with van der Waals surface area (Å²) in [6.45, 7) is 5.69. The SMILES string of the molecule is CCOc1cncc(-c2cc(C)ccc2CNC2CC2)c1. The van der Waals surface area contributed by atoms with Crippen LogP contribution in [-0.4, -0.2) is 17.6 Å². The van der Waals surface area contributed by atoms with Gasteiger partial charge in [0.15, 0.2) is 0 Å². The van der Waals surface area contributed by atoms with Gasteiger partial charge in [-0.25, -0.2) is 0 Å². The number of nitrogens with one attached hydrogen (secondary N) is 1. The Balaban J connectivity index is 1.90. The first-order valence-electron chi connectivity index (χ1n) is 7.67. The molecule has 1 heterocycles. The number of pyridine rings is 1. The quantitative estimate of drug-likeness (QED) is 0.877. The van der Waals surface area contributed by atoms with Crippen LogP contribution >= 0.6 is 0 Å². The normalized spacial score (nSPS) is 14.2. The standard InChI is InChI=1S/C18H22N2O/c1-3-21-17-9-15(10-19-12-17)18-8-13(2)4-5-14(18)11-20-16-6-7-16/h4-5,8-10,12,16,20H,3,6-7,11H2,1-2H3. The smallest absolute Gasteiger partial charge is 0.138 e. The largest absolute Gasteiger partial charge is 0.492 e. The number of benzene rings is 1. The molecule has 1 saturated carbocycles. The number of ether oxygens (including phenoxy) is 1. The molecule has 1 fully saturated rings. The number of aryl methyl sites for hydroxylation is 1. The fraction of sp³-hybridized carbons (Fsp3) is 0.389. The summed E-state index contributed by atoms with van der Waals surface area (Å²) in [7, 11) is 0. The molecular formula is C18H22N2O. The Morgan fingerprint density at radius 1 is 1.24 bits per heavy atom. The first-order chi connectivity index (χ1) is 10.3. The maximum Gasteiger partial charge on any atom is 0.138 e. The second kappa shape index (κ2) is 6.27. The molecule has 2 aromatic rings. The van der Waals surface area contributed by atoms with Crippen molar-refractivity contribution in [2.45, 2.75) is 39.3 Å². The highest BCUT2D eigenvalue weighted by molar-refractivity contribution is 5.68. The van der Waals surface area contributed by atoms with E-state index in [1.54, 1.807) is 6.20 Å². The Hall–Kier alpha value is -1.87. The van der Waals surface area contributed by atoms with Crippen molar-refractivity contribution in [3.8, 4) is 16.9 Å². The minimum atomic E-state index is 0.662. The molecular weight excluding hydrogens is 260 g/mol. The Labute approximate surface area is 126 Å². The number of hydrogen-bond donors (Lipinski definition) is 1. The summed E-state index contributed by atoms with van der Waals surface area (Å²) in [6.07, 6.45) is 6.30. The van der Waals surface area contributed by atoms with Gasteiger partial charge in [0.2, 0.25) is 0 Å². The Morgan fingerprint density at radius 3 is 2.86 bits per heavy atom. The molecule has 0 unspecified atom stereocenters. The summed E-state index contributed by atoms with van der Waals surface area (Å²) >= 11 is 0. The predicted octanol–water partition coefficient (Wildman–Crippen LogP) is 3.71. The van der Waals surface area contributed by atoms with Gasteiger partial charge < -0.3 is 10.1 Å². The highest BCUT2D eigenvalue weighted by Crippen LogP contribution is 2.28. The topological polar surface area (TPSA) is 34.1 Å². The monoisotopic (exact) mass is 282 g/mol. The van der Waals surface area contributed by atoms with Crippen LogP contribution in [0.5, 0.6) is 5.75 Å². The summed E-state index contributed by atoms with van der Waals surface area (Å²) in [6, 6.07) is 9.41. The van der Waals surface area contributed by atoms with E-state index in [-0.39, 0.29) is 0 Å². The maximum absolute atomic E-state index is 5.57. The molecule has 0 bridgehead atoms. The van der Waals surface area contributed by atoms with Crippen LogP contribution in [0.4, 0.5) is 0 Å². The van der Waals surface area contributed by atoms with Crippen molar-refractivity contribution in [3.63, 3.8) is 0 Å². The van der Waals surface area contributed by atoms with Gasteiger partial charge in [0.05, 0.1) is 12.8 Å². The van der Waals surface area contributed by atoms with E-state index in [1.165, 1.54) is 29.5 Å². The molecule has 0 saturated heterocycles. The van der Waals surface area contributed by atoms with Gasteiger partial charge in [-0.05, 0) is 43.9 Å². The van der Waals surface area contributed by atoms with Gasteiger partial charge in [0.25, 0.3) is 0 Å². The first kappa shape index (κ1) is 14.1. The van der Waals surface area contributed by atoms with Gasteiger partial charge in [0.1, 0.15) is 5.75 Å². The van der Waals surface area contributed by atoms with E-state index in [1.807, 2.05) is 13.1 Å². The van der Waals surface area contributed by atoms with Gasteiger partial charge in [0, 0.05) is 24.3 Å². The van der Waals surface area contributed by atoms with E-state index in [4.69, 9.17) is 4.74 Å². The minimum Gasteiger partial charge on any atom is -0.492 e. The minimum absolute atomic E-state index is 0.662. The summed E-state index contributed by atoms with van der Waals surface area (Å²) in [4.78, 5) is 4.31. The van der Waals surface area contributed by atoms with E-state index in [0.29, 0.717) is 12.6 Å². The molecule has 3 heteroatoms. The molecule has 1 aromatic carbocycles. The van der Waals surface area contributed by atoms with Crippen LogP contribution in [0, 0.1) is 6.92 Å². The van der Waals surface area contributed by atoms with Gasteiger partial charge >= 0.3 is 0 Å². The average molecular weight is 282 g/mol. The molecule has 1 aliphatic carbocycles. The zero-order valence-corrected chi connectivity index (χ0v) is 12.7. The molecule has 3 rings (SSSR count). The van der Waals surface area contributed by atoms with Gasteiger partial charge in [-0.3, -0.25) is 4.98 Å². The number of hydrogen-bond acceptors (Lipinski definition) is 3.